The molecule has 34 heavy (non-hydrogen) atoms. The van der Waals surface area contributed by atoms with E-state index in [0.717, 1.165) is 48.5 Å². The Labute approximate surface area is 218 Å². The average Bonchev–Trinajstić information content (AvgIpc) is 2.85. The van der Waals surface area contributed by atoms with Gasteiger partial charge in [-0.3, -0.25) is 4.99 Å². The standard InChI is InChI=1S/C31H42N2.Ni/c1-3-5-7-8-9-10-11-12-13-14-21-27-31(33-29-24-19-16-20-25-29)30(26-6-4-2)32-28-22-17-15-18-23-28;/h15-20,22-25H,3-14,26H2,1-2H3;. The maximum absolute atomic E-state index is 4.95. The topological polar surface area (TPSA) is 24.7 Å². The van der Waals surface area contributed by atoms with Crippen LogP contribution in [0, 0.1) is 11.8 Å². The molecule has 0 fully saturated rings. The van der Waals surface area contributed by atoms with Crippen LogP contribution in [0.1, 0.15) is 97.3 Å². The summed E-state index contributed by atoms with van der Waals surface area (Å²) in [5, 5.41) is 0. The van der Waals surface area contributed by atoms with Gasteiger partial charge in [0.2, 0.25) is 0 Å². The van der Waals surface area contributed by atoms with Gasteiger partial charge in [0.15, 0.2) is 0 Å². The van der Waals surface area contributed by atoms with Crippen LogP contribution in [0.25, 0.3) is 0 Å². The van der Waals surface area contributed by atoms with Gasteiger partial charge in [-0.1, -0.05) is 114 Å². The molecular formula is C31H42N2Ni. The summed E-state index contributed by atoms with van der Waals surface area (Å²) in [6, 6.07) is 20.3. The SMILES string of the molecule is CCCCCCCCCCCC#CC(=Nc1ccccc1)C(CCCC)=Nc1ccccc1.[Ni]. The van der Waals surface area contributed by atoms with Gasteiger partial charge < -0.3 is 0 Å². The van der Waals surface area contributed by atoms with Crippen LogP contribution in [0.3, 0.4) is 0 Å². The van der Waals surface area contributed by atoms with E-state index in [4.69, 9.17) is 9.98 Å². The van der Waals surface area contributed by atoms with Gasteiger partial charge in [-0.25, -0.2) is 4.99 Å². The minimum absolute atomic E-state index is 0. The van der Waals surface area contributed by atoms with Crippen LogP contribution in [-0.2, 0) is 16.5 Å². The summed E-state index contributed by atoms with van der Waals surface area (Å²) in [6.45, 7) is 4.49. The third kappa shape index (κ3) is 13.5. The van der Waals surface area contributed by atoms with Crippen LogP contribution in [0.5, 0.6) is 0 Å². The maximum Gasteiger partial charge on any atom is 0.135 e. The molecule has 0 aromatic heterocycles. The molecule has 0 atom stereocenters. The first-order valence-electron chi connectivity index (χ1n) is 13.1. The van der Waals surface area contributed by atoms with E-state index in [9.17, 15) is 0 Å². The predicted octanol–water partition coefficient (Wildman–Crippen LogP) is 9.64. The van der Waals surface area contributed by atoms with Crippen molar-refractivity contribution in [3.63, 3.8) is 0 Å². The molecule has 2 rings (SSSR count). The zero-order valence-corrected chi connectivity index (χ0v) is 22.2. The number of nitrogens with zero attached hydrogens (tertiary/aromatic N) is 2. The quantitative estimate of drug-likeness (QED) is 0.100. The molecule has 2 aromatic carbocycles. The third-order valence-electron chi connectivity index (χ3n) is 5.67. The van der Waals surface area contributed by atoms with Gasteiger partial charge in [-0.05, 0) is 49.4 Å². The third-order valence-corrected chi connectivity index (χ3v) is 5.67. The predicted molar refractivity (Wildman–Crippen MR) is 146 cm³/mol. The molecule has 186 valence electrons. The molecule has 0 N–H and O–H groups in total. The fourth-order valence-electron chi connectivity index (χ4n) is 3.70. The summed E-state index contributed by atoms with van der Waals surface area (Å²) in [6.07, 6.45) is 16.0. The number of hydrogen-bond acceptors (Lipinski definition) is 2. The molecular weight excluding hydrogens is 459 g/mol. The summed E-state index contributed by atoms with van der Waals surface area (Å²) in [7, 11) is 0. The Kier molecular flexibility index (Phi) is 17.8. The second-order valence-electron chi connectivity index (χ2n) is 8.67. The van der Waals surface area contributed by atoms with Crippen LogP contribution in [0.2, 0.25) is 0 Å². The van der Waals surface area contributed by atoms with Crippen molar-refractivity contribution < 1.29 is 16.5 Å². The van der Waals surface area contributed by atoms with E-state index < -0.39 is 0 Å². The Morgan fingerprint density at radius 3 is 1.68 bits per heavy atom. The molecule has 0 heterocycles. The molecule has 0 unspecified atom stereocenters. The van der Waals surface area contributed by atoms with Crippen molar-refractivity contribution in [1.82, 2.24) is 0 Å². The maximum atomic E-state index is 4.95. The molecule has 0 saturated carbocycles. The van der Waals surface area contributed by atoms with E-state index >= 15 is 0 Å². The summed E-state index contributed by atoms with van der Waals surface area (Å²) < 4.78 is 0. The fourth-order valence-corrected chi connectivity index (χ4v) is 3.70. The van der Waals surface area contributed by atoms with Gasteiger partial charge in [0, 0.05) is 22.9 Å². The Morgan fingerprint density at radius 1 is 0.618 bits per heavy atom. The summed E-state index contributed by atoms with van der Waals surface area (Å²) >= 11 is 0. The molecule has 0 bridgehead atoms. The Balaban J connectivity index is 0.00000578. The minimum atomic E-state index is 0. The van der Waals surface area contributed by atoms with Crippen LogP contribution in [-0.4, -0.2) is 11.4 Å². The smallest absolute Gasteiger partial charge is 0.135 e. The number of rotatable bonds is 15. The van der Waals surface area contributed by atoms with Crippen LogP contribution >= 0.6 is 0 Å². The van der Waals surface area contributed by atoms with Gasteiger partial charge in [-0.2, -0.15) is 0 Å². The van der Waals surface area contributed by atoms with Crippen molar-refractivity contribution in [2.75, 3.05) is 0 Å². The van der Waals surface area contributed by atoms with E-state index in [1.165, 1.54) is 57.8 Å². The van der Waals surface area contributed by atoms with E-state index in [1.807, 2.05) is 60.7 Å². The van der Waals surface area contributed by atoms with Gasteiger partial charge in [0.05, 0.1) is 17.1 Å². The molecule has 2 nitrogen and oxygen atoms in total. The Hall–Kier alpha value is -2.17. The fraction of sp³-hybridized carbons (Fsp3) is 0.484. The minimum Gasteiger partial charge on any atom is -0.251 e. The molecule has 0 aliphatic rings. The van der Waals surface area contributed by atoms with Gasteiger partial charge in [-0.15, -0.1) is 0 Å². The Bertz CT molecular complexity index is 876. The number of benzene rings is 2. The van der Waals surface area contributed by atoms with Crippen molar-refractivity contribution in [1.29, 1.82) is 0 Å². The van der Waals surface area contributed by atoms with Crippen molar-refractivity contribution in [2.45, 2.75) is 97.3 Å². The number of unbranched alkanes of at least 4 members (excludes halogenated alkanes) is 10. The van der Waals surface area contributed by atoms with Crippen LogP contribution in [0.4, 0.5) is 11.4 Å². The molecule has 2 aromatic rings. The number of para-hydroxylation sites is 2. The molecule has 0 saturated heterocycles. The zero-order valence-electron chi connectivity index (χ0n) is 21.2. The second kappa shape index (κ2) is 20.2. The van der Waals surface area contributed by atoms with Crippen LogP contribution in [0.15, 0.2) is 70.6 Å². The molecule has 0 radical (unpaired) electrons. The molecule has 0 amide bonds. The first kappa shape index (κ1) is 29.9. The van der Waals surface area contributed by atoms with Crippen LogP contribution < -0.4 is 0 Å². The Morgan fingerprint density at radius 2 is 1.12 bits per heavy atom. The van der Waals surface area contributed by atoms with Gasteiger partial charge >= 0.3 is 0 Å². The van der Waals surface area contributed by atoms with Crippen molar-refractivity contribution in [3.05, 3.63) is 60.7 Å². The van der Waals surface area contributed by atoms with E-state index in [-0.39, 0.29) is 16.5 Å². The van der Waals surface area contributed by atoms with E-state index in [0.29, 0.717) is 0 Å². The van der Waals surface area contributed by atoms with Crippen molar-refractivity contribution in [3.8, 4) is 11.8 Å². The number of hydrogen-bond donors (Lipinski definition) is 0. The zero-order chi connectivity index (χ0) is 23.4. The largest absolute Gasteiger partial charge is 0.251 e. The molecule has 0 spiro atoms. The molecule has 3 heteroatoms. The first-order valence-corrected chi connectivity index (χ1v) is 13.1. The molecule has 0 aliphatic carbocycles. The summed E-state index contributed by atoms with van der Waals surface area (Å²) in [5.41, 5.74) is 3.70. The second-order valence-corrected chi connectivity index (χ2v) is 8.67. The summed E-state index contributed by atoms with van der Waals surface area (Å²) in [5.74, 6) is 6.80. The van der Waals surface area contributed by atoms with Gasteiger partial charge in [0.1, 0.15) is 5.71 Å². The van der Waals surface area contributed by atoms with Crippen molar-refractivity contribution >= 4 is 22.8 Å². The monoisotopic (exact) mass is 500 g/mol. The summed E-state index contributed by atoms with van der Waals surface area (Å²) in [4.78, 5) is 9.85. The van der Waals surface area contributed by atoms with Crippen molar-refractivity contribution in [2.24, 2.45) is 9.98 Å². The normalized spacial score (nSPS) is 11.5. The first-order chi connectivity index (χ1) is 16.3. The van der Waals surface area contributed by atoms with E-state index in [1.54, 1.807) is 0 Å². The number of aliphatic imine (C=N–C) groups is 2. The average molecular weight is 501 g/mol. The van der Waals surface area contributed by atoms with E-state index in [2.05, 4.69) is 25.7 Å². The molecule has 0 aliphatic heterocycles. The van der Waals surface area contributed by atoms with Gasteiger partial charge in [0.25, 0.3) is 0 Å².